The van der Waals surface area contributed by atoms with E-state index in [1.54, 1.807) is 4.90 Å². The number of likely N-dealkylation sites (N-methyl/N-ethyl adjacent to an activating group) is 1. The minimum Gasteiger partial charge on any atom is -0.345 e. The minimum absolute atomic E-state index is 0.199. The summed E-state index contributed by atoms with van der Waals surface area (Å²) in [5.74, 6) is 2.02. The standard InChI is InChI=1S/C14H28N2O/c1-4-16(3)14(17)11-15-10-9-13-7-5-12(2)6-8-13/h12-13,15H,4-11H2,1-3H3. The van der Waals surface area contributed by atoms with E-state index in [-0.39, 0.29) is 5.91 Å². The Bertz CT molecular complexity index is 222. The van der Waals surface area contributed by atoms with Crippen LogP contribution in [-0.4, -0.2) is 37.5 Å². The Hall–Kier alpha value is -0.570. The molecule has 1 amide bonds. The highest BCUT2D eigenvalue weighted by Crippen LogP contribution is 2.29. The molecule has 0 aromatic heterocycles. The Balaban J connectivity index is 2.02. The van der Waals surface area contributed by atoms with Crippen LogP contribution in [0.25, 0.3) is 0 Å². The summed E-state index contributed by atoms with van der Waals surface area (Å²) in [5.41, 5.74) is 0. The molecule has 0 aromatic rings. The molecule has 1 saturated carbocycles. The Labute approximate surface area is 106 Å². The van der Waals surface area contributed by atoms with Crippen LogP contribution in [0.1, 0.15) is 46.0 Å². The van der Waals surface area contributed by atoms with E-state index in [9.17, 15) is 4.79 Å². The second-order valence-electron chi connectivity index (χ2n) is 5.50. The van der Waals surface area contributed by atoms with Gasteiger partial charge in [-0.3, -0.25) is 4.79 Å². The zero-order valence-electron chi connectivity index (χ0n) is 11.7. The number of rotatable bonds is 6. The van der Waals surface area contributed by atoms with E-state index in [1.807, 2.05) is 14.0 Å². The lowest BCUT2D eigenvalue weighted by atomic mass is 9.81. The van der Waals surface area contributed by atoms with Gasteiger partial charge in [0.25, 0.3) is 0 Å². The predicted octanol–water partition coefficient (Wildman–Crippen LogP) is 2.27. The summed E-state index contributed by atoms with van der Waals surface area (Å²) in [6.07, 6.45) is 6.78. The third-order valence-electron chi connectivity index (χ3n) is 4.04. The molecule has 0 unspecified atom stereocenters. The zero-order chi connectivity index (χ0) is 12.7. The molecule has 0 saturated heterocycles. The smallest absolute Gasteiger partial charge is 0.236 e. The molecule has 0 atom stereocenters. The first-order valence-electron chi connectivity index (χ1n) is 7.08. The van der Waals surface area contributed by atoms with E-state index >= 15 is 0 Å². The monoisotopic (exact) mass is 240 g/mol. The third-order valence-corrected chi connectivity index (χ3v) is 4.04. The molecule has 1 N–H and O–H groups in total. The maximum atomic E-state index is 11.5. The van der Waals surface area contributed by atoms with Crippen molar-refractivity contribution in [3.63, 3.8) is 0 Å². The predicted molar refractivity (Wildman–Crippen MR) is 71.9 cm³/mol. The van der Waals surface area contributed by atoms with Gasteiger partial charge in [-0.25, -0.2) is 0 Å². The number of amides is 1. The van der Waals surface area contributed by atoms with Crippen molar-refractivity contribution >= 4 is 5.91 Å². The molecule has 0 radical (unpaired) electrons. The first kappa shape index (κ1) is 14.5. The van der Waals surface area contributed by atoms with E-state index in [0.717, 1.165) is 24.9 Å². The second-order valence-corrected chi connectivity index (χ2v) is 5.50. The second kappa shape index (κ2) is 7.70. The molecule has 1 rings (SSSR count). The first-order chi connectivity index (χ1) is 8.13. The summed E-state index contributed by atoms with van der Waals surface area (Å²) in [5, 5.41) is 3.27. The molecule has 3 nitrogen and oxygen atoms in total. The Morgan fingerprint density at radius 1 is 1.29 bits per heavy atom. The minimum atomic E-state index is 0.199. The van der Waals surface area contributed by atoms with Gasteiger partial charge in [0.1, 0.15) is 0 Å². The van der Waals surface area contributed by atoms with Gasteiger partial charge in [-0.15, -0.1) is 0 Å². The van der Waals surface area contributed by atoms with Crippen LogP contribution >= 0.6 is 0 Å². The maximum Gasteiger partial charge on any atom is 0.236 e. The van der Waals surface area contributed by atoms with Gasteiger partial charge in [0.15, 0.2) is 0 Å². The van der Waals surface area contributed by atoms with Gasteiger partial charge in [-0.2, -0.15) is 0 Å². The lowest BCUT2D eigenvalue weighted by molar-refractivity contribution is -0.128. The molecule has 0 aliphatic heterocycles. The fourth-order valence-electron chi connectivity index (χ4n) is 2.43. The number of nitrogens with one attached hydrogen (secondary N) is 1. The lowest BCUT2D eigenvalue weighted by Crippen LogP contribution is -2.36. The summed E-state index contributed by atoms with van der Waals surface area (Å²) in [6.45, 7) is 6.63. The van der Waals surface area contributed by atoms with Crippen LogP contribution in [-0.2, 0) is 4.79 Å². The molecule has 1 aliphatic rings. The third kappa shape index (κ3) is 5.53. The van der Waals surface area contributed by atoms with Crippen LogP contribution in [0, 0.1) is 11.8 Å². The first-order valence-corrected chi connectivity index (χ1v) is 7.08. The summed E-state index contributed by atoms with van der Waals surface area (Å²) < 4.78 is 0. The number of carbonyl (C=O) groups excluding carboxylic acids is 1. The SMILES string of the molecule is CCN(C)C(=O)CNCCC1CCC(C)CC1. The van der Waals surface area contributed by atoms with Crippen molar-refractivity contribution in [3.8, 4) is 0 Å². The number of hydrogen-bond acceptors (Lipinski definition) is 2. The summed E-state index contributed by atoms with van der Waals surface area (Å²) >= 11 is 0. The van der Waals surface area contributed by atoms with Crippen molar-refractivity contribution in [2.45, 2.75) is 46.0 Å². The largest absolute Gasteiger partial charge is 0.345 e. The van der Waals surface area contributed by atoms with Crippen molar-refractivity contribution in [2.24, 2.45) is 11.8 Å². The summed E-state index contributed by atoms with van der Waals surface area (Å²) in [6, 6.07) is 0. The summed E-state index contributed by atoms with van der Waals surface area (Å²) in [4.78, 5) is 13.3. The van der Waals surface area contributed by atoms with E-state index in [1.165, 1.54) is 32.1 Å². The van der Waals surface area contributed by atoms with Crippen LogP contribution in [0.15, 0.2) is 0 Å². The van der Waals surface area contributed by atoms with Gasteiger partial charge < -0.3 is 10.2 Å². The van der Waals surface area contributed by atoms with E-state index < -0.39 is 0 Å². The molecule has 17 heavy (non-hydrogen) atoms. The normalized spacial score (nSPS) is 24.6. The lowest BCUT2D eigenvalue weighted by Gasteiger charge is -2.26. The van der Waals surface area contributed by atoms with Gasteiger partial charge in [-0.05, 0) is 31.7 Å². The topological polar surface area (TPSA) is 32.3 Å². The van der Waals surface area contributed by atoms with Gasteiger partial charge in [0.2, 0.25) is 5.91 Å². The van der Waals surface area contributed by atoms with Crippen LogP contribution in [0.2, 0.25) is 0 Å². The van der Waals surface area contributed by atoms with E-state index in [0.29, 0.717) is 6.54 Å². The molecular weight excluding hydrogens is 212 g/mol. The van der Waals surface area contributed by atoms with Crippen molar-refractivity contribution in [1.82, 2.24) is 10.2 Å². The Morgan fingerprint density at radius 3 is 2.53 bits per heavy atom. The van der Waals surface area contributed by atoms with Crippen molar-refractivity contribution in [2.75, 3.05) is 26.7 Å². The van der Waals surface area contributed by atoms with E-state index in [4.69, 9.17) is 0 Å². The Morgan fingerprint density at radius 2 is 1.94 bits per heavy atom. The average Bonchev–Trinajstić information content (AvgIpc) is 2.35. The van der Waals surface area contributed by atoms with E-state index in [2.05, 4.69) is 12.2 Å². The highest BCUT2D eigenvalue weighted by molar-refractivity contribution is 5.77. The van der Waals surface area contributed by atoms with Crippen LogP contribution in [0.4, 0.5) is 0 Å². The number of carbonyl (C=O) groups is 1. The molecular formula is C14H28N2O. The van der Waals surface area contributed by atoms with Crippen LogP contribution in [0.3, 0.4) is 0 Å². The number of nitrogens with zero attached hydrogens (tertiary/aromatic N) is 1. The molecule has 1 fully saturated rings. The average molecular weight is 240 g/mol. The molecule has 1 aliphatic carbocycles. The number of hydrogen-bond donors (Lipinski definition) is 1. The highest BCUT2D eigenvalue weighted by atomic mass is 16.2. The highest BCUT2D eigenvalue weighted by Gasteiger charge is 2.17. The molecule has 0 spiro atoms. The fraction of sp³-hybridized carbons (Fsp3) is 0.929. The molecule has 0 bridgehead atoms. The molecule has 0 heterocycles. The molecule has 100 valence electrons. The van der Waals surface area contributed by atoms with Crippen molar-refractivity contribution < 1.29 is 4.79 Å². The Kier molecular flexibility index (Phi) is 6.56. The summed E-state index contributed by atoms with van der Waals surface area (Å²) in [7, 11) is 1.85. The zero-order valence-corrected chi connectivity index (χ0v) is 11.7. The van der Waals surface area contributed by atoms with Crippen LogP contribution < -0.4 is 5.32 Å². The molecule has 3 heteroatoms. The quantitative estimate of drug-likeness (QED) is 0.722. The van der Waals surface area contributed by atoms with Gasteiger partial charge in [-0.1, -0.05) is 32.6 Å². The maximum absolute atomic E-state index is 11.5. The van der Waals surface area contributed by atoms with Gasteiger partial charge in [0.05, 0.1) is 6.54 Å². The van der Waals surface area contributed by atoms with Crippen LogP contribution in [0.5, 0.6) is 0 Å². The van der Waals surface area contributed by atoms with Gasteiger partial charge in [0, 0.05) is 13.6 Å². The van der Waals surface area contributed by atoms with Crippen molar-refractivity contribution in [1.29, 1.82) is 0 Å². The van der Waals surface area contributed by atoms with Crippen molar-refractivity contribution in [3.05, 3.63) is 0 Å². The molecule has 0 aromatic carbocycles. The fourth-order valence-corrected chi connectivity index (χ4v) is 2.43. The van der Waals surface area contributed by atoms with Gasteiger partial charge >= 0.3 is 0 Å².